The summed E-state index contributed by atoms with van der Waals surface area (Å²) in [6.07, 6.45) is -0.0484. The number of ether oxygens (including phenoxy) is 1. The maximum absolute atomic E-state index is 6.02. The van der Waals surface area contributed by atoms with Crippen LogP contribution in [0.4, 0.5) is 0 Å². The molecule has 1 aromatic heterocycles. The second-order valence-corrected chi connectivity index (χ2v) is 5.61. The van der Waals surface area contributed by atoms with Crippen LogP contribution in [0.1, 0.15) is 29.0 Å². The Morgan fingerprint density at radius 3 is 2.50 bits per heavy atom. The summed E-state index contributed by atoms with van der Waals surface area (Å²) in [6.45, 7) is 4.69. The van der Waals surface area contributed by atoms with E-state index in [0.717, 1.165) is 5.56 Å². The molecule has 0 aliphatic rings. The minimum atomic E-state index is -0.0484. The zero-order chi connectivity index (χ0) is 13.0. The van der Waals surface area contributed by atoms with Crippen LogP contribution >= 0.6 is 11.3 Å². The molecule has 0 radical (unpaired) electrons. The fourth-order valence-electron chi connectivity index (χ4n) is 1.87. The Kier molecular flexibility index (Phi) is 4.53. The van der Waals surface area contributed by atoms with Crippen molar-refractivity contribution in [3.8, 4) is 0 Å². The lowest BCUT2D eigenvalue weighted by Gasteiger charge is -2.21. The average molecular weight is 261 g/mol. The summed E-state index contributed by atoms with van der Waals surface area (Å²) in [6, 6.07) is 12.5. The zero-order valence-corrected chi connectivity index (χ0v) is 11.6. The normalized spacial score (nSPS) is 14.4. The molecule has 3 heteroatoms. The van der Waals surface area contributed by atoms with Gasteiger partial charge in [-0.1, -0.05) is 35.9 Å². The fraction of sp³-hybridized carbons (Fsp3) is 0.333. The second-order valence-electron chi connectivity index (χ2n) is 4.58. The van der Waals surface area contributed by atoms with Gasteiger partial charge in [0.15, 0.2) is 0 Å². The first-order chi connectivity index (χ1) is 8.66. The molecule has 0 saturated carbocycles. The Hall–Kier alpha value is -1.16. The molecule has 0 bridgehead atoms. The van der Waals surface area contributed by atoms with Crippen molar-refractivity contribution in [2.24, 2.45) is 5.73 Å². The molecule has 2 rings (SSSR count). The van der Waals surface area contributed by atoms with Gasteiger partial charge in [-0.25, -0.2) is 0 Å². The topological polar surface area (TPSA) is 35.2 Å². The molecule has 0 aliphatic heterocycles. The number of benzene rings is 1. The molecule has 96 valence electrons. The van der Waals surface area contributed by atoms with Crippen molar-refractivity contribution < 1.29 is 4.74 Å². The highest BCUT2D eigenvalue weighted by molar-refractivity contribution is 7.09. The van der Waals surface area contributed by atoms with E-state index in [1.54, 1.807) is 11.3 Å². The fourth-order valence-corrected chi connectivity index (χ4v) is 2.50. The Labute approximate surface area is 112 Å². The largest absolute Gasteiger partial charge is 0.366 e. The van der Waals surface area contributed by atoms with Gasteiger partial charge in [-0.05, 0) is 30.9 Å². The summed E-state index contributed by atoms with van der Waals surface area (Å²) in [5.74, 6) is 0. The number of hydrogen-bond acceptors (Lipinski definition) is 3. The Balaban J connectivity index is 2.06. The number of hydrogen-bond donors (Lipinski definition) is 1. The van der Waals surface area contributed by atoms with Crippen LogP contribution < -0.4 is 5.73 Å². The third-order valence-electron chi connectivity index (χ3n) is 2.87. The third kappa shape index (κ3) is 3.42. The number of nitrogens with two attached hydrogens (primary N) is 1. The monoisotopic (exact) mass is 261 g/mol. The van der Waals surface area contributed by atoms with Crippen molar-refractivity contribution in [3.05, 3.63) is 57.8 Å². The van der Waals surface area contributed by atoms with E-state index in [4.69, 9.17) is 10.5 Å². The first kappa shape index (κ1) is 13.3. The molecule has 0 aliphatic carbocycles. The van der Waals surface area contributed by atoms with Crippen LogP contribution in [0.2, 0.25) is 0 Å². The van der Waals surface area contributed by atoms with Gasteiger partial charge in [-0.15, -0.1) is 11.3 Å². The third-order valence-corrected chi connectivity index (χ3v) is 3.72. The summed E-state index contributed by atoms with van der Waals surface area (Å²) >= 11 is 1.71. The molecule has 2 aromatic rings. The van der Waals surface area contributed by atoms with Crippen molar-refractivity contribution >= 4 is 11.3 Å². The molecular formula is C15H19NOS. The molecular weight excluding hydrogens is 242 g/mol. The molecule has 0 amide bonds. The van der Waals surface area contributed by atoms with E-state index in [1.165, 1.54) is 10.4 Å². The predicted octanol–water partition coefficient (Wildman–Crippen LogP) is 3.66. The quantitative estimate of drug-likeness (QED) is 0.891. The van der Waals surface area contributed by atoms with Crippen molar-refractivity contribution in [1.82, 2.24) is 0 Å². The molecule has 0 fully saturated rings. The predicted molar refractivity (Wildman–Crippen MR) is 76.7 cm³/mol. The van der Waals surface area contributed by atoms with E-state index in [-0.39, 0.29) is 12.1 Å². The molecule has 0 spiro atoms. The van der Waals surface area contributed by atoms with Gasteiger partial charge in [0.05, 0.1) is 12.7 Å². The highest BCUT2D eigenvalue weighted by Gasteiger charge is 2.16. The lowest BCUT2D eigenvalue weighted by molar-refractivity contribution is 0.0274. The highest BCUT2D eigenvalue weighted by Crippen LogP contribution is 2.23. The molecule has 2 nitrogen and oxygen atoms in total. The van der Waals surface area contributed by atoms with E-state index in [2.05, 4.69) is 42.6 Å². The van der Waals surface area contributed by atoms with Crippen molar-refractivity contribution in [2.75, 3.05) is 0 Å². The highest BCUT2D eigenvalue weighted by atomic mass is 32.1. The second kappa shape index (κ2) is 6.14. The molecule has 0 saturated heterocycles. The molecule has 2 N–H and O–H groups in total. The van der Waals surface area contributed by atoms with Gasteiger partial charge in [0.1, 0.15) is 0 Å². The average Bonchev–Trinajstić information content (AvgIpc) is 2.84. The van der Waals surface area contributed by atoms with Crippen LogP contribution in [-0.2, 0) is 11.3 Å². The van der Waals surface area contributed by atoms with E-state index in [1.807, 2.05) is 13.0 Å². The minimum Gasteiger partial charge on any atom is -0.366 e. The smallest absolute Gasteiger partial charge is 0.0977 e. The van der Waals surface area contributed by atoms with Gasteiger partial charge >= 0.3 is 0 Å². The van der Waals surface area contributed by atoms with Gasteiger partial charge in [-0.2, -0.15) is 0 Å². The first-order valence-electron chi connectivity index (χ1n) is 6.13. The zero-order valence-electron chi connectivity index (χ0n) is 10.8. The SMILES string of the molecule is Cc1ccc(C(OCc2cccs2)C(C)N)cc1. The number of thiophene rings is 1. The number of rotatable bonds is 5. The van der Waals surface area contributed by atoms with Gasteiger partial charge in [0.25, 0.3) is 0 Å². The van der Waals surface area contributed by atoms with Crippen molar-refractivity contribution in [2.45, 2.75) is 32.6 Å². The van der Waals surface area contributed by atoms with E-state index in [9.17, 15) is 0 Å². The number of aryl methyl sites for hydroxylation is 1. The minimum absolute atomic E-state index is 0.0207. The maximum Gasteiger partial charge on any atom is 0.0977 e. The van der Waals surface area contributed by atoms with Crippen LogP contribution in [0.3, 0.4) is 0 Å². The summed E-state index contributed by atoms with van der Waals surface area (Å²) in [5.41, 5.74) is 8.42. The van der Waals surface area contributed by atoms with Gasteiger partial charge in [0.2, 0.25) is 0 Å². The molecule has 2 unspecified atom stereocenters. The van der Waals surface area contributed by atoms with Crippen LogP contribution in [0, 0.1) is 6.92 Å². The Bertz CT molecular complexity index is 462. The van der Waals surface area contributed by atoms with Crippen LogP contribution in [-0.4, -0.2) is 6.04 Å². The molecule has 1 heterocycles. The Morgan fingerprint density at radius 1 is 1.22 bits per heavy atom. The van der Waals surface area contributed by atoms with Crippen molar-refractivity contribution in [1.29, 1.82) is 0 Å². The van der Waals surface area contributed by atoms with Crippen molar-refractivity contribution in [3.63, 3.8) is 0 Å². The van der Waals surface area contributed by atoms with Crippen LogP contribution in [0.15, 0.2) is 41.8 Å². The van der Waals surface area contributed by atoms with Gasteiger partial charge in [0, 0.05) is 10.9 Å². The summed E-state index contributed by atoms with van der Waals surface area (Å²) in [4.78, 5) is 1.23. The lowest BCUT2D eigenvalue weighted by atomic mass is 10.0. The van der Waals surface area contributed by atoms with E-state index in [0.29, 0.717) is 6.61 Å². The first-order valence-corrected chi connectivity index (χ1v) is 7.01. The summed E-state index contributed by atoms with van der Waals surface area (Å²) in [5, 5.41) is 2.06. The van der Waals surface area contributed by atoms with Crippen LogP contribution in [0.25, 0.3) is 0 Å². The molecule has 18 heavy (non-hydrogen) atoms. The summed E-state index contributed by atoms with van der Waals surface area (Å²) < 4.78 is 5.96. The summed E-state index contributed by atoms with van der Waals surface area (Å²) in [7, 11) is 0. The van der Waals surface area contributed by atoms with Gasteiger partial charge in [-0.3, -0.25) is 0 Å². The molecule has 2 atom stereocenters. The van der Waals surface area contributed by atoms with E-state index >= 15 is 0 Å². The van der Waals surface area contributed by atoms with Crippen LogP contribution in [0.5, 0.6) is 0 Å². The standard InChI is InChI=1S/C15H19NOS/c1-11-5-7-13(8-6-11)15(12(2)16)17-10-14-4-3-9-18-14/h3-9,12,15H,10,16H2,1-2H3. The van der Waals surface area contributed by atoms with E-state index < -0.39 is 0 Å². The lowest BCUT2D eigenvalue weighted by Crippen LogP contribution is -2.26. The Morgan fingerprint density at radius 2 is 1.94 bits per heavy atom. The van der Waals surface area contributed by atoms with Gasteiger partial charge < -0.3 is 10.5 Å². The maximum atomic E-state index is 6.02. The molecule has 1 aromatic carbocycles.